The minimum Gasteiger partial charge on any atom is -0.298 e. The van der Waals surface area contributed by atoms with Crippen molar-refractivity contribution in [2.45, 2.75) is 26.2 Å². The van der Waals surface area contributed by atoms with Crippen molar-refractivity contribution in [1.29, 1.82) is 0 Å². The Morgan fingerprint density at radius 1 is 1.22 bits per heavy atom. The molecular formula is C14H15ClN2O. The first kappa shape index (κ1) is 12.8. The van der Waals surface area contributed by atoms with Crippen molar-refractivity contribution >= 4 is 17.9 Å². The molecule has 0 aliphatic rings. The summed E-state index contributed by atoms with van der Waals surface area (Å²) in [4.78, 5) is 11.2. The summed E-state index contributed by atoms with van der Waals surface area (Å²) >= 11 is 6.24. The molecule has 18 heavy (non-hydrogen) atoms. The molecule has 0 aliphatic carbocycles. The van der Waals surface area contributed by atoms with Gasteiger partial charge in [-0.05, 0) is 12.1 Å². The lowest BCUT2D eigenvalue weighted by Gasteiger charge is -2.15. The van der Waals surface area contributed by atoms with Crippen LogP contribution in [0, 0.1) is 0 Å². The lowest BCUT2D eigenvalue weighted by Crippen LogP contribution is -2.14. The predicted octanol–water partition coefficient (Wildman–Crippen LogP) is 3.64. The molecule has 0 bridgehead atoms. The van der Waals surface area contributed by atoms with Crippen molar-refractivity contribution in [2.24, 2.45) is 0 Å². The molecule has 0 atom stereocenters. The van der Waals surface area contributed by atoms with Gasteiger partial charge in [0.15, 0.2) is 6.29 Å². The summed E-state index contributed by atoms with van der Waals surface area (Å²) in [7, 11) is 0. The quantitative estimate of drug-likeness (QED) is 0.775. The van der Waals surface area contributed by atoms with E-state index >= 15 is 0 Å². The van der Waals surface area contributed by atoms with E-state index < -0.39 is 0 Å². The molecule has 0 aliphatic heterocycles. The topological polar surface area (TPSA) is 34.9 Å². The van der Waals surface area contributed by atoms with Crippen molar-refractivity contribution < 1.29 is 4.79 Å². The van der Waals surface area contributed by atoms with Crippen LogP contribution in [0.15, 0.2) is 30.3 Å². The highest BCUT2D eigenvalue weighted by Crippen LogP contribution is 2.30. The second kappa shape index (κ2) is 4.58. The minimum absolute atomic E-state index is 0.222. The third kappa shape index (κ3) is 2.18. The van der Waals surface area contributed by atoms with E-state index in [0.29, 0.717) is 16.4 Å². The van der Waals surface area contributed by atoms with Crippen molar-refractivity contribution in [3.8, 4) is 5.69 Å². The number of halogens is 1. The van der Waals surface area contributed by atoms with Crippen LogP contribution in [0.25, 0.3) is 5.69 Å². The molecule has 4 heteroatoms. The molecule has 0 spiro atoms. The first-order valence-electron chi connectivity index (χ1n) is 5.74. The number of carbonyl (C=O) groups is 1. The molecule has 0 unspecified atom stereocenters. The van der Waals surface area contributed by atoms with E-state index in [9.17, 15) is 4.79 Å². The molecule has 0 saturated carbocycles. The molecule has 1 aromatic carbocycles. The molecule has 0 N–H and O–H groups in total. The zero-order valence-corrected chi connectivity index (χ0v) is 11.4. The number of para-hydroxylation sites is 1. The van der Waals surface area contributed by atoms with Crippen LogP contribution < -0.4 is 0 Å². The highest BCUT2D eigenvalue weighted by atomic mass is 35.5. The Hall–Kier alpha value is -1.61. The van der Waals surface area contributed by atoms with Gasteiger partial charge in [-0.3, -0.25) is 4.79 Å². The van der Waals surface area contributed by atoms with Gasteiger partial charge in [0.25, 0.3) is 0 Å². The summed E-state index contributed by atoms with van der Waals surface area (Å²) < 4.78 is 1.60. The summed E-state index contributed by atoms with van der Waals surface area (Å²) in [6.07, 6.45) is 0.773. The van der Waals surface area contributed by atoms with Crippen LogP contribution in [0.1, 0.15) is 36.8 Å². The van der Waals surface area contributed by atoms with Crippen molar-refractivity contribution in [3.05, 3.63) is 46.7 Å². The summed E-state index contributed by atoms with van der Waals surface area (Å²) in [5.41, 5.74) is 1.81. The van der Waals surface area contributed by atoms with E-state index in [1.807, 2.05) is 51.1 Å². The summed E-state index contributed by atoms with van der Waals surface area (Å²) in [6.45, 7) is 6.02. The number of aldehydes is 1. The Morgan fingerprint density at radius 2 is 1.83 bits per heavy atom. The third-order valence-electron chi connectivity index (χ3n) is 2.69. The van der Waals surface area contributed by atoms with Crippen molar-refractivity contribution in [3.63, 3.8) is 0 Å². The van der Waals surface area contributed by atoms with Crippen LogP contribution >= 0.6 is 11.6 Å². The fourth-order valence-corrected chi connectivity index (χ4v) is 2.08. The van der Waals surface area contributed by atoms with Crippen molar-refractivity contribution in [2.75, 3.05) is 0 Å². The number of rotatable bonds is 2. The summed E-state index contributed by atoms with van der Waals surface area (Å²) in [6, 6.07) is 9.54. The number of benzene rings is 1. The van der Waals surface area contributed by atoms with Gasteiger partial charge in [0.1, 0.15) is 5.15 Å². The van der Waals surface area contributed by atoms with E-state index in [2.05, 4.69) is 5.10 Å². The number of carbonyl (C=O) groups excluding carboxylic acids is 1. The molecule has 2 rings (SSSR count). The van der Waals surface area contributed by atoms with Gasteiger partial charge in [-0.25, -0.2) is 4.68 Å². The number of hydrogen-bond donors (Lipinski definition) is 0. The van der Waals surface area contributed by atoms with Gasteiger partial charge in [-0.1, -0.05) is 50.6 Å². The molecule has 94 valence electrons. The largest absolute Gasteiger partial charge is 0.298 e. The molecule has 3 nitrogen and oxygen atoms in total. The van der Waals surface area contributed by atoms with Crippen LogP contribution in [-0.4, -0.2) is 16.1 Å². The first-order chi connectivity index (χ1) is 8.45. The second-order valence-corrected chi connectivity index (χ2v) is 5.53. The van der Waals surface area contributed by atoms with E-state index in [-0.39, 0.29) is 5.41 Å². The van der Waals surface area contributed by atoms with Gasteiger partial charge >= 0.3 is 0 Å². The Kier molecular flexibility index (Phi) is 3.26. The molecule has 0 radical (unpaired) electrons. The number of hydrogen-bond acceptors (Lipinski definition) is 2. The Bertz CT molecular complexity index is 567. The van der Waals surface area contributed by atoms with Crippen LogP contribution in [0.3, 0.4) is 0 Å². The smallest absolute Gasteiger partial charge is 0.155 e. The van der Waals surface area contributed by atoms with Crippen LogP contribution in [-0.2, 0) is 5.41 Å². The summed E-state index contributed by atoms with van der Waals surface area (Å²) in [5, 5.41) is 4.84. The zero-order chi connectivity index (χ0) is 13.3. The molecule has 0 fully saturated rings. The Balaban J connectivity index is 2.65. The zero-order valence-electron chi connectivity index (χ0n) is 10.6. The van der Waals surface area contributed by atoms with Crippen LogP contribution in [0.5, 0.6) is 0 Å². The highest BCUT2D eigenvalue weighted by molar-refractivity contribution is 6.32. The molecule has 1 heterocycles. The maximum absolute atomic E-state index is 11.2. The Labute approximate surface area is 111 Å². The fourth-order valence-electron chi connectivity index (χ4n) is 1.81. The monoisotopic (exact) mass is 262 g/mol. The molecule has 1 aromatic heterocycles. The maximum Gasteiger partial charge on any atom is 0.155 e. The molecule has 2 aromatic rings. The van der Waals surface area contributed by atoms with Gasteiger partial charge in [-0.15, -0.1) is 0 Å². The van der Waals surface area contributed by atoms with Gasteiger partial charge in [0, 0.05) is 5.41 Å². The van der Waals surface area contributed by atoms with E-state index in [0.717, 1.165) is 12.0 Å². The normalized spacial score (nSPS) is 11.6. The van der Waals surface area contributed by atoms with Gasteiger partial charge < -0.3 is 0 Å². The summed E-state index contributed by atoms with van der Waals surface area (Å²) in [5.74, 6) is 0. The average Bonchev–Trinajstić information content (AvgIpc) is 2.67. The van der Waals surface area contributed by atoms with Gasteiger partial charge in [0.2, 0.25) is 0 Å². The lowest BCUT2D eigenvalue weighted by molar-refractivity contribution is 0.112. The minimum atomic E-state index is -0.222. The standard InChI is InChI=1S/C14H15ClN2O/c1-14(2,3)12-11(9-18)13(15)17(16-12)10-7-5-4-6-8-10/h4-9H,1-3H3. The lowest BCUT2D eigenvalue weighted by atomic mass is 9.90. The first-order valence-corrected chi connectivity index (χ1v) is 6.12. The third-order valence-corrected chi connectivity index (χ3v) is 3.06. The molecule has 0 amide bonds. The molecular weight excluding hydrogens is 248 g/mol. The van der Waals surface area contributed by atoms with E-state index in [4.69, 9.17) is 11.6 Å². The van der Waals surface area contributed by atoms with E-state index in [1.54, 1.807) is 4.68 Å². The van der Waals surface area contributed by atoms with Crippen LogP contribution in [0.2, 0.25) is 5.15 Å². The Morgan fingerprint density at radius 3 is 2.28 bits per heavy atom. The molecule has 0 saturated heterocycles. The van der Waals surface area contributed by atoms with Gasteiger partial charge in [-0.2, -0.15) is 5.10 Å². The SMILES string of the molecule is CC(C)(C)c1nn(-c2ccccc2)c(Cl)c1C=O. The predicted molar refractivity (Wildman–Crippen MR) is 72.7 cm³/mol. The van der Waals surface area contributed by atoms with Crippen molar-refractivity contribution in [1.82, 2.24) is 9.78 Å². The number of nitrogens with zero attached hydrogens (tertiary/aromatic N) is 2. The van der Waals surface area contributed by atoms with Crippen LogP contribution in [0.4, 0.5) is 0 Å². The number of aromatic nitrogens is 2. The van der Waals surface area contributed by atoms with E-state index in [1.165, 1.54) is 0 Å². The fraction of sp³-hybridized carbons (Fsp3) is 0.286. The second-order valence-electron chi connectivity index (χ2n) is 5.17. The van der Waals surface area contributed by atoms with Gasteiger partial charge in [0.05, 0.1) is 16.9 Å². The highest BCUT2D eigenvalue weighted by Gasteiger charge is 2.26. The average molecular weight is 263 g/mol. The maximum atomic E-state index is 11.2.